The number of rotatable bonds is 6. The summed E-state index contributed by atoms with van der Waals surface area (Å²) in [5.74, 6) is 0.359. The molecule has 4 rings (SSSR count). The Morgan fingerprint density at radius 2 is 1.94 bits per heavy atom. The first kappa shape index (κ1) is 20.9. The number of hydrogen-bond acceptors (Lipinski definition) is 5. The number of ether oxygens (including phenoxy) is 1. The summed E-state index contributed by atoms with van der Waals surface area (Å²) in [7, 11) is 1.60. The van der Waals surface area contributed by atoms with Crippen molar-refractivity contribution in [3.8, 4) is 5.75 Å². The van der Waals surface area contributed by atoms with Crippen molar-refractivity contribution >= 4 is 27.3 Å². The predicted molar refractivity (Wildman–Crippen MR) is 122 cm³/mol. The number of benzene rings is 2. The quantitative estimate of drug-likeness (QED) is 0.466. The molecule has 0 atom stereocenters. The maximum atomic E-state index is 13.2. The highest BCUT2D eigenvalue weighted by Gasteiger charge is 2.22. The summed E-state index contributed by atoms with van der Waals surface area (Å²) in [5.41, 5.74) is 2.47. The smallest absolute Gasteiger partial charge is 0.308 e. The first-order chi connectivity index (χ1) is 14.8. The Labute approximate surface area is 182 Å². The van der Waals surface area contributed by atoms with Gasteiger partial charge in [-0.2, -0.15) is 0 Å². The van der Waals surface area contributed by atoms with Gasteiger partial charge in [0.15, 0.2) is 0 Å². The summed E-state index contributed by atoms with van der Waals surface area (Å²) in [6.45, 7) is 5.91. The van der Waals surface area contributed by atoms with Crippen molar-refractivity contribution in [3.63, 3.8) is 0 Å². The zero-order chi connectivity index (χ0) is 22.3. The summed E-state index contributed by atoms with van der Waals surface area (Å²) in [6, 6.07) is 10.9. The van der Waals surface area contributed by atoms with Gasteiger partial charge in [0.2, 0.25) is 5.78 Å². The number of methoxy groups -OCH3 is 1. The maximum absolute atomic E-state index is 13.2. The number of carbonyl (C=O) groups excluding carboxylic acids is 1. The number of carbonyl (C=O) groups is 1. The van der Waals surface area contributed by atoms with E-state index in [1.807, 2.05) is 45.0 Å². The number of hydrogen-bond donors (Lipinski definition) is 1. The molecule has 2 aromatic heterocycles. The third-order valence-electron chi connectivity index (χ3n) is 5.36. The molecule has 0 saturated heterocycles. The minimum atomic E-state index is -0.355. The van der Waals surface area contributed by atoms with Gasteiger partial charge in [-0.15, -0.1) is 0 Å². The molecule has 0 fully saturated rings. The van der Waals surface area contributed by atoms with Crippen molar-refractivity contribution in [2.24, 2.45) is 0 Å². The van der Waals surface area contributed by atoms with Crippen LogP contribution in [0.15, 0.2) is 52.2 Å². The van der Waals surface area contributed by atoms with Crippen LogP contribution in [-0.2, 0) is 6.54 Å². The summed E-state index contributed by atoms with van der Waals surface area (Å²) in [4.78, 5) is 38.4. The van der Waals surface area contributed by atoms with E-state index in [2.05, 4.69) is 5.10 Å². The summed E-state index contributed by atoms with van der Waals surface area (Å²) in [6.07, 6.45) is 1.45. The Hall–Kier alpha value is -3.39. The van der Waals surface area contributed by atoms with E-state index in [4.69, 9.17) is 4.74 Å². The van der Waals surface area contributed by atoms with E-state index in [1.165, 1.54) is 10.9 Å². The molecule has 7 nitrogen and oxygen atoms in total. The number of H-pyrrole nitrogens is 1. The van der Waals surface area contributed by atoms with Crippen LogP contribution < -0.4 is 15.2 Å². The van der Waals surface area contributed by atoms with Gasteiger partial charge in [0.25, 0.3) is 5.56 Å². The van der Waals surface area contributed by atoms with E-state index in [-0.39, 0.29) is 27.8 Å². The monoisotopic (exact) mass is 437 g/mol. The van der Waals surface area contributed by atoms with Gasteiger partial charge in [-0.25, -0.2) is 0 Å². The molecule has 31 heavy (non-hydrogen) atoms. The minimum Gasteiger partial charge on any atom is -0.497 e. The second-order valence-corrected chi connectivity index (χ2v) is 8.67. The number of aromatic nitrogens is 3. The van der Waals surface area contributed by atoms with Crippen molar-refractivity contribution in [2.45, 2.75) is 33.4 Å². The van der Waals surface area contributed by atoms with Gasteiger partial charge in [-0.3, -0.25) is 23.6 Å². The molecule has 8 heteroatoms. The highest BCUT2D eigenvalue weighted by Crippen LogP contribution is 2.26. The maximum Gasteiger partial charge on any atom is 0.308 e. The standard InChI is InChI=1S/C23H23N3O4S/c1-13(2)26-22(28)18(11-24-26)21(27)17-8-9-19-20(14(17)3)25(23(29)31-19)12-15-6-5-7-16(10-15)30-4/h5-11,13,24H,12H2,1-4H3. The second kappa shape index (κ2) is 8.03. The normalized spacial score (nSPS) is 11.4. The van der Waals surface area contributed by atoms with E-state index in [0.29, 0.717) is 28.9 Å². The van der Waals surface area contributed by atoms with Crippen LogP contribution in [0.4, 0.5) is 0 Å². The lowest BCUT2D eigenvalue weighted by atomic mass is 10.00. The molecular formula is C23H23N3O4S. The molecule has 0 unspecified atom stereocenters. The van der Waals surface area contributed by atoms with Crippen LogP contribution in [0.1, 0.15) is 46.9 Å². The largest absolute Gasteiger partial charge is 0.497 e. The number of nitrogens with one attached hydrogen (secondary N) is 1. The molecule has 0 aliphatic carbocycles. The molecule has 2 aromatic carbocycles. The van der Waals surface area contributed by atoms with Gasteiger partial charge in [-0.05, 0) is 56.2 Å². The average Bonchev–Trinajstić information content (AvgIpc) is 3.28. The van der Waals surface area contributed by atoms with Crippen LogP contribution in [0.25, 0.3) is 10.2 Å². The van der Waals surface area contributed by atoms with Gasteiger partial charge in [-0.1, -0.05) is 23.5 Å². The molecule has 2 heterocycles. The molecule has 1 N–H and O–H groups in total. The number of nitrogens with zero attached hydrogens (tertiary/aromatic N) is 2. The molecule has 0 aliphatic rings. The summed E-state index contributed by atoms with van der Waals surface area (Å²) in [5, 5.41) is 2.86. The van der Waals surface area contributed by atoms with Crippen molar-refractivity contribution < 1.29 is 9.53 Å². The van der Waals surface area contributed by atoms with Crippen LogP contribution in [0.5, 0.6) is 5.75 Å². The molecule has 160 valence electrons. The Balaban J connectivity index is 1.82. The third kappa shape index (κ3) is 3.63. The molecule has 4 aromatic rings. The van der Waals surface area contributed by atoms with Crippen LogP contribution in [-0.4, -0.2) is 27.2 Å². The fraction of sp³-hybridized carbons (Fsp3) is 0.261. The van der Waals surface area contributed by atoms with Crippen molar-refractivity contribution in [2.75, 3.05) is 7.11 Å². The third-order valence-corrected chi connectivity index (χ3v) is 6.30. The highest BCUT2D eigenvalue weighted by molar-refractivity contribution is 7.16. The lowest BCUT2D eigenvalue weighted by molar-refractivity contribution is 0.103. The van der Waals surface area contributed by atoms with Crippen LogP contribution in [0, 0.1) is 6.92 Å². The van der Waals surface area contributed by atoms with E-state index in [9.17, 15) is 14.4 Å². The second-order valence-electron chi connectivity index (χ2n) is 7.68. The fourth-order valence-corrected chi connectivity index (χ4v) is 4.70. The van der Waals surface area contributed by atoms with Crippen LogP contribution in [0.2, 0.25) is 0 Å². The van der Waals surface area contributed by atoms with Crippen LogP contribution in [0.3, 0.4) is 0 Å². The van der Waals surface area contributed by atoms with Gasteiger partial charge >= 0.3 is 4.87 Å². The molecule has 0 amide bonds. The number of thiazole rings is 1. The number of aryl methyl sites for hydroxylation is 1. The lowest BCUT2D eigenvalue weighted by Crippen LogP contribution is -2.23. The minimum absolute atomic E-state index is 0.0810. The van der Waals surface area contributed by atoms with E-state index in [0.717, 1.165) is 21.6 Å². The SMILES string of the molecule is COc1cccc(Cn2c(=O)sc3ccc(C(=O)c4c[nH]n(C(C)C)c4=O)c(C)c32)c1. The number of aromatic amines is 1. The predicted octanol–water partition coefficient (Wildman–Crippen LogP) is 3.73. The molecule has 0 aliphatic heterocycles. The number of fused-ring (bicyclic) bond motifs is 1. The molecule has 0 spiro atoms. The zero-order valence-electron chi connectivity index (χ0n) is 17.8. The Kier molecular flexibility index (Phi) is 5.41. The first-order valence-electron chi connectivity index (χ1n) is 9.92. The first-order valence-corrected chi connectivity index (χ1v) is 10.7. The Bertz CT molecular complexity index is 1400. The molecule has 0 bridgehead atoms. The highest BCUT2D eigenvalue weighted by atomic mass is 32.1. The fourth-order valence-electron chi connectivity index (χ4n) is 3.75. The van der Waals surface area contributed by atoms with Crippen LogP contribution >= 0.6 is 11.3 Å². The molecule has 0 radical (unpaired) electrons. The Morgan fingerprint density at radius 1 is 1.16 bits per heavy atom. The number of ketones is 1. The van der Waals surface area contributed by atoms with Gasteiger partial charge < -0.3 is 9.84 Å². The van der Waals surface area contributed by atoms with Gasteiger partial charge in [0.05, 0.1) is 23.9 Å². The molecular weight excluding hydrogens is 414 g/mol. The van der Waals surface area contributed by atoms with Gasteiger partial charge in [0, 0.05) is 17.8 Å². The molecule has 0 saturated carbocycles. The van der Waals surface area contributed by atoms with E-state index >= 15 is 0 Å². The Morgan fingerprint density at radius 3 is 2.61 bits per heavy atom. The van der Waals surface area contributed by atoms with Crippen molar-refractivity contribution in [1.82, 2.24) is 14.3 Å². The van der Waals surface area contributed by atoms with Crippen molar-refractivity contribution in [1.29, 1.82) is 0 Å². The van der Waals surface area contributed by atoms with E-state index in [1.54, 1.807) is 23.8 Å². The van der Waals surface area contributed by atoms with E-state index < -0.39 is 0 Å². The van der Waals surface area contributed by atoms with Crippen molar-refractivity contribution in [3.05, 3.63) is 84.9 Å². The topological polar surface area (TPSA) is 86.1 Å². The zero-order valence-corrected chi connectivity index (χ0v) is 18.6. The summed E-state index contributed by atoms with van der Waals surface area (Å²) < 4.78 is 9.17. The average molecular weight is 438 g/mol. The summed E-state index contributed by atoms with van der Waals surface area (Å²) >= 11 is 1.14. The lowest BCUT2D eigenvalue weighted by Gasteiger charge is -2.10. The van der Waals surface area contributed by atoms with Gasteiger partial charge in [0.1, 0.15) is 11.3 Å².